The lowest BCUT2D eigenvalue weighted by Crippen LogP contribution is -1.88. The summed E-state index contributed by atoms with van der Waals surface area (Å²) in [6.45, 7) is 2.04. The first kappa shape index (κ1) is 11.6. The maximum absolute atomic E-state index is 6.02. The number of fused-ring (bicyclic) bond motifs is 1. The summed E-state index contributed by atoms with van der Waals surface area (Å²) in [5.74, 6) is 0. The number of anilines is 1. The summed E-state index contributed by atoms with van der Waals surface area (Å²) in [7, 11) is 0. The Balaban J connectivity index is 1.96. The normalized spacial score (nSPS) is 10.9. The molecule has 0 aliphatic heterocycles. The van der Waals surface area contributed by atoms with Gasteiger partial charge in [0, 0.05) is 10.6 Å². The molecular weight excluding hydrogens is 260 g/mol. The van der Waals surface area contributed by atoms with Crippen molar-refractivity contribution in [2.75, 3.05) is 5.73 Å². The smallest absolute Gasteiger partial charge is 0.155 e. The van der Waals surface area contributed by atoms with Crippen molar-refractivity contribution in [2.24, 2.45) is 0 Å². The van der Waals surface area contributed by atoms with Gasteiger partial charge in [-0.05, 0) is 36.8 Å². The molecule has 0 radical (unpaired) electrons. The van der Waals surface area contributed by atoms with Crippen LogP contribution in [0, 0.1) is 6.92 Å². The van der Waals surface area contributed by atoms with Crippen LogP contribution >= 0.6 is 23.1 Å². The maximum atomic E-state index is 6.02. The Labute approximate surface area is 114 Å². The zero-order valence-corrected chi connectivity index (χ0v) is 11.5. The van der Waals surface area contributed by atoms with Crippen molar-refractivity contribution < 1.29 is 0 Å². The fraction of sp³-hybridized carbons (Fsp3) is 0.0714. The lowest BCUT2D eigenvalue weighted by Gasteiger charge is -2.03. The molecule has 4 heteroatoms. The Hall–Kier alpha value is -1.52. The SMILES string of the molecule is Cc1ccc(Sc2nc3ccccc3s2)c(N)c1. The molecule has 0 fully saturated rings. The summed E-state index contributed by atoms with van der Waals surface area (Å²) in [4.78, 5) is 5.67. The molecule has 90 valence electrons. The van der Waals surface area contributed by atoms with Crippen LogP contribution in [0.4, 0.5) is 5.69 Å². The van der Waals surface area contributed by atoms with E-state index in [-0.39, 0.29) is 0 Å². The highest BCUT2D eigenvalue weighted by Gasteiger charge is 2.07. The van der Waals surface area contributed by atoms with Crippen LogP contribution in [0.3, 0.4) is 0 Å². The van der Waals surface area contributed by atoms with Gasteiger partial charge in [-0.25, -0.2) is 4.98 Å². The summed E-state index contributed by atoms with van der Waals surface area (Å²) in [6, 6.07) is 14.3. The van der Waals surface area contributed by atoms with Crippen molar-refractivity contribution in [3.63, 3.8) is 0 Å². The molecule has 2 N–H and O–H groups in total. The number of hydrogen-bond acceptors (Lipinski definition) is 4. The third-order valence-electron chi connectivity index (χ3n) is 2.64. The average Bonchev–Trinajstić information content (AvgIpc) is 2.75. The van der Waals surface area contributed by atoms with Crippen molar-refractivity contribution in [1.29, 1.82) is 0 Å². The molecule has 0 aliphatic rings. The first-order valence-electron chi connectivity index (χ1n) is 5.62. The lowest BCUT2D eigenvalue weighted by molar-refractivity contribution is 1.29. The molecule has 1 heterocycles. The highest BCUT2D eigenvalue weighted by molar-refractivity contribution is 8.01. The van der Waals surface area contributed by atoms with E-state index in [2.05, 4.69) is 23.2 Å². The average molecular weight is 272 g/mol. The summed E-state index contributed by atoms with van der Waals surface area (Å²) in [5.41, 5.74) is 9.07. The minimum absolute atomic E-state index is 0.819. The van der Waals surface area contributed by atoms with Crippen molar-refractivity contribution in [3.05, 3.63) is 48.0 Å². The van der Waals surface area contributed by atoms with Crippen LogP contribution in [0.2, 0.25) is 0 Å². The largest absolute Gasteiger partial charge is 0.398 e. The number of nitrogens with two attached hydrogens (primary N) is 1. The van der Waals surface area contributed by atoms with E-state index < -0.39 is 0 Å². The second kappa shape index (κ2) is 4.63. The highest BCUT2D eigenvalue weighted by atomic mass is 32.2. The van der Waals surface area contributed by atoms with Gasteiger partial charge >= 0.3 is 0 Å². The van der Waals surface area contributed by atoms with Gasteiger partial charge in [-0.3, -0.25) is 0 Å². The monoisotopic (exact) mass is 272 g/mol. The van der Waals surface area contributed by atoms with Gasteiger partial charge in [0.2, 0.25) is 0 Å². The van der Waals surface area contributed by atoms with Crippen molar-refractivity contribution >= 4 is 39.0 Å². The molecule has 0 aliphatic carbocycles. The molecule has 0 saturated heterocycles. The highest BCUT2D eigenvalue weighted by Crippen LogP contribution is 2.36. The zero-order valence-electron chi connectivity index (χ0n) is 9.88. The van der Waals surface area contributed by atoms with Crippen LogP contribution in [0.1, 0.15) is 5.56 Å². The number of hydrogen-bond donors (Lipinski definition) is 1. The number of aromatic nitrogens is 1. The first-order valence-corrected chi connectivity index (χ1v) is 7.25. The number of benzene rings is 2. The molecule has 0 bridgehead atoms. The molecule has 0 unspecified atom stereocenters. The molecule has 2 nitrogen and oxygen atoms in total. The summed E-state index contributed by atoms with van der Waals surface area (Å²) >= 11 is 3.33. The molecule has 0 saturated carbocycles. The Bertz CT molecular complexity index is 671. The van der Waals surface area contributed by atoms with E-state index in [1.807, 2.05) is 31.2 Å². The molecule has 3 aromatic rings. The van der Waals surface area contributed by atoms with Crippen LogP contribution in [0.15, 0.2) is 51.7 Å². The Morgan fingerprint density at radius 1 is 1.17 bits per heavy atom. The van der Waals surface area contributed by atoms with Gasteiger partial charge in [0.15, 0.2) is 4.34 Å². The second-order valence-electron chi connectivity index (χ2n) is 4.09. The van der Waals surface area contributed by atoms with E-state index >= 15 is 0 Å². The third-order valence-corrected chi connectivity index (χ3v) is 4.83. The predicted octanol–water partition coefficient (Wildman–Crippen LogP) is 4.34. The molecule has 3 rings (SSSR count). The van der Waals surface area contributed by atoms with Crippen molar-refractivity contribution in [1.82, 2.24) is 4.98 Å². The fourth-order valence-corrected chi connectivity index (χ4v) is 3.80. The lowest BCUT2D eigenvalue weighted by atomic mass is 10.2. The van der Waals surface area contributed by atoms with Crippen LogP contribution in [-0.2, 0) is 0 Å². The fourth-order valence-electron chi connectivity index (χ4n) is 1.75. The minimum Gasteiger partial charge on any atom is -0.398 e. The van der Waals surface area contributed by atoms with Gasteiger partial charge in [-0.1, -0.05) is 30.0 Å². The standard InChI is InChI=1S/C14H12N2S2/c1-9-6-7-12(10(15)8-9)17-14-16-11-4-2-3-5-13(11)18-14/h2-8H,15H2,1H3. The number of thiazole rings is 1. The molecule has 18 heavy (non-hydrogen) atoms. The Morgan fingerprint density at radius 2 is 2.00 bits per heavy atom. The summed E-state index contributed by atoms with van der Waals surface area (Å²) < 4.78 is 2.25. The number of nitrogens with zero attached hydrogens (tertiary/aromatic N) is 1. The molecular formula is C14H12N2S2. The zero-order chi connectivity index (χ0) is 12.5. The number of para-hydroxylation sites is 1. The van der Waals surface area contributed by atoms with E-state index in [9.17, 15) is 0 Å². The van der Waals surface area contributed by atoms with E-state index in [0.717, 1.165) is 20.4 Å². The van der Waals surface area contributed by atoms with Gasteiger partial charge in [-0.15, -0.1) is 11.3 Å². The van der Waals surface area contributed by atoms with E-state index in [0.29, 0.717) is 0 Å². The van der Waals surface area contributed by atoms with Gasteiger partial charge < -0.3 is 5.73 Å². The summed E-state index contributed by atoms with van der Waals surface area (Å²) in [6.07, 6.45) is 0. The van der Waals surface area contributed by atoms with Crippen LogP contribution in [-0.4, -0.2) is 4.98 Å². The number of aryl methyl sites for hydroxylation is 1. The van der Waals surface area contributed by atoms with E-state index in [1.54, 1.807) is 23.1 Å². The molecule has 0 atom stereocenters. The molecule has 1 aromatic heterocycles. The second-order valence-corrected chi connectivity index (χ2v) is 6.41. The Kier molecular flexibility index (Phi) is 2.97. The third kappa shape index (κ3) is 2.21. The van der Waals surface area contributed by atoms with Crippen molar-refractivity contribution in [3.8, 4) is 0 Å². The van der Waals surface area contributed by atoms with Gasteiger partial charge in [-0.2, -0.15) is 0 Å². The minimum atomic E-state index is 0.819. The first-order chi connectivity index (χ1) is 8.72. The molecule has 0 spiro atoms. The van der Waals surface area contributed by atoms with Gasteiger partial charge in [0.05, 0.1) is 10.2 Å². The predicted molar refractivity (Wildman–Crippen MR) is 79.3 cm³/mol. The van der Waals surface area contributed by atoms with E-state index in [4.69, 9.17) is 5.73 Å². The van der Waals surface area contributed by atoms with Crippen LogP contribution in [0.25, 0.3) is 10.2 Å². The quantitative estimate of drug-likeness (QED) is 0.705. The molecule has 0 amide bonds. The van der Waals surface area contributed by atoms with Gasteiger partial charge in [0.1, 0.15) is 0 Å². The Morgan fingerprint density at radius 3 is 2.78 bits per heavy atom. The topological polar surface area (TPSA) is 38.9 Å². The number of nitrogen functional groups attached to an aromatic ring is 1. The summed E-state index contributed by atoms with van der Waals surface area (Å²) in [5, 5.41) is 0. The van der Waals surface area contributed by atoms with E-state index in [1.165, 1.54) is 10.3 Å². The van der Waals surface area contributed by atoms with Crippen LogP contribution in [0.5, 0.6) is 0 Å². The van der Waals surface area contributed by atoms with Crippen LogP contribution < -0.4 is 5.73 Å². The van der Waals surface area contributed by atoms with Crippen molar-refractivity contribution in [2.45, 2.75) is 16.2 Å². The maximum Gasteiger partial charge on any atom is 0.155 e. The molecule has 2 aromatic carbocycles. The number of rotatable bonds is 2. The van der Waals surface area contributed by atoms with Gasteiger partial charge in [0.25, 0.3) is 0 Å².